The number of hydrogen-bond acceptors (Lipinski definition) is 6. The number of aliphatic hydroxyl groups excluding tert-OH is 2. The molecular weight excluding hydrogens is 312 g/mol. The Balaban J connectivity index is 2.07. The average Bonchev–Trinajstić information content (AvgIpc) is 2.87. The van der Waals surface area contributed by atoms with Gasteiger partial charge in [-0.3, -0.25) is 4.79 Å². The molecule has 24 heavy (non-hydrogen) atoms. The number of cyclic esters (lactones) is 1. The molecule has 6 heteroatoms. The SMILES string of the molecule is CCCCCCCCCCCCOC1C(=O)C(=O)O[C@@H]1[C@@H](O)CO. The van der Waals surface area contributed by atoms with Crippen LogP contribution in [0.1, 0.15) is 71.1 Å². The molecule has 0 aromatic rings. The maximum absolute atomic E-state index is 11.7. The van der Waals surface area contributed by atoms with E-state index in [1.165, 1.54) is 44.9 Å². The second-order valence-electron chi connectivity index (χ2n) is 6.46. The second kappa shape index (κ2) is 12.4. The largest absolute Gasteiger partial charge is 0.450 e. The number of aliphatic hydroxyl groups is 2. The van der Waals surface area contributed by atoms with Crippen molar-refractivity contribution in [3.8, 4) is 0 Å². The van der Waals surface area contributed by atoms with Crippen LogP contribution in [0.15, 0.2) is 0 Å². The lowest BCUT2D eigenvalue weighted by Gasteiger charge is -2.20. The number of ether oxygens (including phenoxy) is 2. The first-order chi connectivity index (χ1) is 11.6. The van der Waals surface area contributed by atoms with Gasteiger partial charge in [0.25, 0.3) is 5.78 Å². The third-order valence-corrected chi connectivity index (χ3v) is 4.36. The quantitative estimate of drug-likeness (QED) is 0.285. The van der Waals surface area contributed by atoms with Crippen LogP contribution in [0, 0.1) is 0 Å². The molecule has 0 spiro atoms. The molecule has 1 saturated heterocycles. The van der Waals surface area contributed by atoms with E-state index in [-0.39, 0.29) is 0 Å². The van der Waals surface area contributed by atoms with Crippen LogP contribution in [0.4, 0.5) is 0 Å². The molecule has 0 aromatic heterocycles. The Labute approximate surface area is 144 Å². The Kier molecular flexibility index (Phi) is 10.9. The highest BCUT2D eigenvalue weighted by Crippen LogP contribution is 2.19. The van der Waals surface area contributed by atoms with Gasteiger partial charge in [0.2, 0.25) is 0 Å². The molecule has 2 N–H and O–H groups in total. The molecule has 0 bridgehead atoms. The minimum absolute atomic E-state index is 0.345. The van der Waals surface area contributed by atoms with Crippen LogP contribution in [0.5, 0.6) is 0 Å². The van der Waals surface area contributed by atoms with Gasteiger partial charge in [0.15, 0.2) is 12.2 Å². The highest BCUT2D eigenvalue weighted by Gasteiger charge is 2.47. The van der Waals surface area contributed by atoms with Crippen LogP contribution in [-0.4, -0.2) is 53.5 Å². The summed E-state index contributed by atoms with van der Waals surface area (Å²) in [5, 5.41) is 18.5. The summed E-state index contributed by atoms with van der Waals surface area (Å²) in [7, 11) is 0. The molecule has 0 saturated carbocycles. The lowest BCUT2D eigenvalue weighted by molar-refractivity contribution is -0.152. The monoisotopic (exact) mass is 344 g/mol. The summed E-state index contributed by atoms with van der Waals surface area (Å²) in [5.41, 5.74) is 0. The van der Waals surface area contributed by atoms with Crippen molar-refractivity contribution in [3.63, 3.8) is 0 Å². The van der Waals surface area contributed by atoms with Crippen molar-refractivity contribution in [3.05, 3.63) is 0 Å². The number of carbonyl (C=O) groups excluding carboxylic acids is 2. The van der Waals surface area contributed by atoms with Gasteiger partial charge >= 0.3 is 5.97 Å². The fourth-order valence-corrected chi connectivity index (χ4v) is 2.86. The molecule has 0 radical (unpaired) electrons. The first-order valence-corrected chi connectivity index (χ1v) is 9.27. The van der Waals surface area contributed by atoms with E-state index in [0.717, 1.165) is 19.3 Å². The highest BCUT2D eigenvalue weighted by atomic mass is 16.6. The predicted molar refractivity (Wildman–Crippen MR) is 89.6 cm³/mol. The van der Waals surface area contributed by atoms with Gasteiger partial charge in [-0.1, -0.05) is 64.7 Å². The van der Waals surface area contributed by atoms with E-state index in [4.69, 9.17) is 14.6 Å². The van der Waals surface area contributed by atoms with Crippen LogP contribution >= 0.6 is 0 Å². The van der Waals surface area contributed by atoms with Gasteiger partial charge in [-0.2, -0.15) is 0 Å². The van der Waals surface area contributed by atoms with Crippen molar-refractivity contribution in [2.45, 2.75) is 89.4 Å². The van der Waals surface area contributed by atoms with Gasteiger partial charge in [-0.15, -0.1) is 0 Å². The zero-order valence-corrected chi connectivity index (χ0v) is 14.7. The normalized spacial score (nSPS) is 22.0. The molecule has 1 aliphatic heterocycles. The van der Waals surface area contributed by atoms with E-state index in [1.807, 2.05) is 0 Å². The van der Waals surface area contributed by atoms with Gasteiger partial charge in [-0.05, 0) is 6.42 Å². The topological polar surface area (TPSA) is 93.1 Å². The molecule has 3 atom stereocenters. The lowest BCUT2D eigenvalue weighted by atomic mass is 10.1. The van der Waals surface area contributed by atoms with E-state index in [2.05, 4.69) is 6.92 Å². The summed E-state index contributed by atoms with van der Waals surface area (Å²) >= 11 is 0. The third-order valence-electron chi connectivity index (χ3n) is 4.36. The van der Waals surface area contributed by atoms with Crippen LogP contribution in [0.25, 0.3) is 0 Å². The summed E-state index contributed by atoms with van der Waals surface area (Å²) in [6, 6.07) is 0. The summed E-state index contributed by atoms with van der Waals surface area (Å²) < 4.78 is 10.2. The van der Waals surface area contributed by atoms with E-state index in [1.54, 1.807) is 0 Å². The van der Waals surface area contributed by atoms with Gasteiger partial charge in [-0.25, -0.2) is 4.79 Å². The lowest BCUT2D eigenvalue weighted by Crippen LogP contribution is -2.41. The Morgan fingerprint density at radius 2 is 1.54 bits per heavy atom. The first-order valence-electron chi connectivity index (χ1n) is 9.27. The minimum Gasteiger partial charge on any atom is -0.450 e. The number of ketones is 1. The fourth-order valence-electron chi connectivity index (χ4n) is 2.86. The van der Waals surface area contributed by atoms with Crippen LogP contribution in [-0.2, 0) is 19.1 Å². The minimum atomic E-state index is -1.29. The number of hydrogen-bond donors (Lipinski definition) is 2. The standard InChI is InChI=1S/C18H32O6/c1-2-3-4-5-6-7-8-9-10-11-12-23-17-15(21)18(22)24-16(17)14(20)13-19/h14,16-17,19-20H,2-13H2,1H3/t14-,16+,17?/m0/s1. The Morgan fingerprint density at radius 3 is 2.08 bits per heavy atom. The molecule has 6 nitrogen and oxygen atoms in total. The van der Waals surface area contributed by atoms with Crippen molar-refractivity contribution in [2.24, 2.45) is 0 Å². The van der Waals surface area contributed by atoms with Crippen LogP contribution in [0.2, 0.25) is 0 Å². The molecule has 1 aliphatic rings. The van der Waals surface area contributed by atoms with Crippen LogP contribution in [0.3, 0.4) is 0 Å². The number of esters is 1. The molecule has 1 rings (SSSR count). The highest BCUT2D eigenvalue weighted by molar-refractivity contribution is 6.37. The molecule has 1 heterocycles. The van der Waals surface area contributed by atoms with Gasteiger partial charge in [0.05, 0.1) is 6.61 Å². The molecule has 1 fully saturated rings. The molecule has 140 valence electrons. The van der Waals surface area contributed by atoms with Crippen molar-refractivity contribution < 1.29 is 29.3 Å². The van der Waals surface area contributed by atoms with Crippen molar-refractivity contribution >= 4 is 11.8 Å². The Bertz CT molecular complexity index is 371. The molecular formula is C18H32O6. The summed E-state index contributed by atoms with van der Waals surface area (Å²) in [4.78, 5) is 22.9. The number of carbonyl (C=O) groups is 2. The molecule has 0 amide bonds. The van der Waals surface area contributed by atoms with E-state index in [9.17, 15) is 14.7 Å². The zero-order chi connectivity index (χ0) is 17.8. The molecule has 0 aromatic carbocycles. The zero-order valence-electron chi connectivity index (χ0n) is 14.7. The number of Topliss-reactive ketones (excluding diaryl/α,β-unsaturated/α-hetero) is 1. The van der Waals surface area contributed by atoms with Gasteiger partial charge in [0.1, 0.15) is 6.10 Å². The predicted octanol–water partition coefficient (Wildman–Crippen LogP) is 2.14. The summed E-state index contributed by atoms with van der Waals surface area (Å²) in [5.74, 6) is -1.78. The molecule has 1 unspecified atom stereocenters. The summed E-state index contributed by atoms with van der Waals surface area (Å²) in [6.07, 6.45) is 8.49. The molecule has 0 aliphatic carbocycles. The maximum Gasteiger partial charge on any atom is 0.378 e. The first kappa shape index (κ1) is 21.1. The summed E-state index contributed by atoms with van der Waals surface area (Å²) in [6.45, 7) is 1.98. The second-order valence-corrected chi connectivity index (χ2v) is 6.46. The van der Waals surface area contributed by atoms with Crippen molar-refractivity contribution in [1.82, 2.24) is 0 Å². The van der Waals surface area contributed by atoms with E-state index >= 15 is 0 Å². The van der Waals surface area contributed by atoms with E-state index < -0.39 is 36.7 Å². The number of rotatable bonds is 14. The third kappa shape index (κ3) is 7.28. The smallest absolute Gasteiger partial charge is 0.378 e. The Morgan fingerprint density at radius 1 is 1.00 bits per heavy atom. The van der Waals surface area contributed by atoms with Gasteiger partial charge in [0, 0.05) is 6.61 Å². The van der Waals surface area contributed by atoms with E-state index in [0.29, 0.717) is 6.61 Å². The van der Waals surface area contributed by atoms with Gasteiger partial charge < -0.3 is 19.7 Å². The van der Waals surface area contributed by atoms with Crippen molar-refractivity contribution in [1.29, 1.82) is 0 Å². The maximum atomic E-state index is 11.7. The van der Waals surface area contributed by atoms with Crippen molar-refractivity contribution in [2.75, 3.05) is 13.2 Å². The Hall–Kier alpha value is -0.980. The number of unbranched alkanes of at least 4 members (excludes halogenated alkanes) is 9. The van der Waals surface area contributed by atoms with Crippen LogP contribution < -0.4 is 0 Å². The average molecular weight is 344 g/mol. The fraction of sp³-hybridized carbons (Fsp3) is 0.889.